The Bertz CT molecular complexity index is 1130. The van der Waals surface area contributed by atoms with Gasteiger partial charge in [0.1, 0.15) is 0 Å². The van der Waals surface area contributed by atoms with Crippen LogP contribution >= 0.6 is 23.2 Å². The van der Waals surface area contributed by atoms with Crippen LogP contribution in [0.3, 0.4) is 0 Å². The summed E-state index contributed by atoms with van der Waals surface area (Å²) in [4.78, 5) is 17.5. The van der Waals surface area contributed by atoms with E-state index < -0.39 is 0 Å². The number of benzene rings is 2. The number of carbonyl (C=O) groups excluding carboxylic acids is 1. The van der Waals surface area contributed by atoms with Gasteiger partial charge in [0.2, 0.25) is 0 Å². The van der Waals surface area contributed by atoms with Crippen molar-refractivity contribution >= 4 is 34.8 Å². The molecule has 0 atom stereocenters. The number of hydrogen-bond donors (Lipinski definition) is 1. The van der Waals surface area contributed by atoms with Crippen molar-refractivity contribution in [2.45, 2.75) is 13.8 Å². The minimum Gasteiger partial charge on any atom is -0.368 e. The maximum absolute atomic E-state index is 12.9. The molecule has 0 spiro atoms. The number of carbonyl (C=O) groups is 1. The maximum Gasteiger partial charge on any atom is 0.253 e. The summed E-state index contributed by atoms with van der Waals surface area (Å²) < 4.78 is 2.08. The van der Waals surface area contributed by atoms with E-state index in [0.717, 1.165) is 60.9 Å². The Morgan fingerprint density at radius 2 is 1.70 bits per heavy atom. The number of piperazine rings is 1. The second-order valence-electron chi connectivity index (χ2n) is 8.61. The molecule has 0 bridgehead atoms. The highest BCUT2D eigenvalue weighted by atomic mass is 35.5. The summed E-state index contributed by atoms with van der Waals surface area (Å²) in [5.41, 5.74) is 6.07. The van der Waals surface area contributed by atoms with Crippen molar-refractivity contribution in [1.29, 1.82) is 0 Å². The molecule has 5 nitrogen and oxygen atoms in total. The van der Waals surface area contributed by atoms with Crippen molar-refractivity contribution in [2.24, 2.45) is 7.05 Å². The van der Waals surface area contributed by atoms with Crippen LogP contribution in [0.4, 0.5) is 5.69 Å². The fourth-order valence-corrected chi connectivity index (χ4v) is 4.72. The van der Waals surface area contributed by atoms with Crippen LogP contribution in [0, 0.1) is 13.8 Å². The maximum atomic E-state index is 12.9. The van der Waals surface area contributed by atoms with Gasteiger partial charge >= 0.3 is 0 Å². The Morgan fingerprint density at radius 1 is 1.00 bits per heavy atom. The molecule has 2 aromatic carbocycles. The second-order valence-corrected chi connectivity index (χ2v) is 9.40. The first-order valence-corrected chi connectivity index (χ1v) is 12.0. The molecule has 3 aromatic rings. The van der Waals surface area contributed by atoms with Gasteiger partial charge in [-0.1, -0.05) is 59.1 Å². The lowest BCUT2D eigenvalue weighted by atomic mass is 10.1. The highest BCUT2D eigenvalue weighted by Crippen LogP contribution is 2.32. The van der Waals surface area contributed by atoms with Crippen molar-refractivity contribution < 1.29 is 4.79 Å². The molecular formula is C26H30Cl2N4O. The van der Waals surface area contributed by atoms with Gasteiger partial charge in [0.15, 0.2) is 0 Å². The number of nitrogens with one attached hydrogen (secondary N) is 1. The lowest BCUT2D eigenvalue weighted by Gasteiger charge is -2.36. The van der Waals surface area contributed by atoms with Crippen molar-refractivity contribution in [3.63, 3.8) is 0 Å². The summed E-state index contributed by atoms with van der Waals surface area (Å²) in [7, 11) is 2.01. The quantitative estimate of drug-likeness (QED) is 0.524. The van der Waals surface area contributed by atoms with E-state index in [9.17, 15) is 4.79 Å². The van der Waals surface area contributed by atoms with Gasteiger partial charge in [0.25, 0.3) is 5.91 Å². The fourth-order valence-electron chi connectivity index (χ4n) is 4.30. The molecular weight excluding hydrogens is 455 g/mol. The molecule has 1 aromatic heterocycles. The lowest BCUT2D eigenvalue weighted by Crippen LogP contribution is -2.48. The number of halogens is 2. The molecule has 1 fully saturated rings. The summed E-state index contributed by atoms with van der Waals surface area (Å²) in [5, 5.41) is 4.30. The number of rotatable bonds is 6. The smallest absolute Gasteiger partial charge is 0.253 e. The van der Waals surface area contributed by atoms with E-state index in [1.165, 1.54) is 5.56 Å². The molecule has 174 valence electrons. The van der Waals surface area contributed by atoms with Crippen LogP contribution in [0.1, 0.15) is 21.6 Å². The van der Waals surface area contributed by atoms with E-state index in [4.69, 9.17) is 23.2 Å². The second kappa shape index (κ2) is 10.2. The number of aryl methyl sites for hydroxylation is 1. The SMILES string of the molecule is Cc1ccc(-c2cc(C(=O)NCCN3CCN(c4cccc(Cl)c4Cl)CC3)c(C)n2C)cc1. The van der Waals surface area contributed by atoms with E-state index in [-0.39, 0.29) is 5.91 Å². The fraction of sp³-hybridized carbons (Fsp3) is 0.346. The molecule has 2 heterocycles. The normalized spacial score (nSPS) is 14.5. The Hall–Kier alpha value is -2.47. The molecule has 1 saturated heterocycles. The minimum absolute atomic E-state index is 0.0224. The Labute approximate surface area is 205 Å². The van der Waals surface area contributed by atoms with E-state index in [1.54, 1.807) is 0 Å². The molecule has 0 unspecified atom stereocenters. The monoisotopic (exact) mass is 484 g/mol. The predicted molar refractivity (Wildman–Crippen MR) is 138 cm³/mol. The van der Waals surface area contributed by atoms with E-state index in [2.05, 4.69) is 50.9 Å². The molecule has 4 rings (SSSR count). The van der Waals surface area contributed by atoms with Crippen LogP contribution in [-0.2, 0) is 7.05 Å². The van der Waals surface area contributed by atoms with Crippen molar-refractivity contribution in [3.8, 4) is 11.3 Å². The molecule has 7 heteroatoms. The summed E-state index contributed by atoms with van der Waals surface area (Å²) in [6.45, 7) is 9.10. The van der Waals surface area contributed by atoms with Crippen molar-refractivity contribution in [2.75, 3.05) is 44.2 Å². The predicted octanol–water partition coefficient (Wildman–Crippen LogP) is 5.17. The average Bonchev–Trinajstić information content (AvgIpc) is 3.11. The van der Waals surface area contributed by atoms with Crippen LogP contribution in [0.15, 0.2) is 48.5 Å². The first-order valence-electron chi connectivity index (χ1n) is 11.3. The van der Waals surface area contributed by atoms with Gasteiger partial charge in [0.05, 0.1) is 21.3 Å². The highest BCUT2D eigenvalue weighted by Gasteiger charge is 2.20. The van der Waals surface area contributed by atoms with E-state index >= 15 is 0 Å². The Morgan fingerprint density at radius 3 is 2.39 bits per heavy atom. The van der Waals surface area contributed by atoms with Crippen LogP contribution < -0.4 is 10.2 Å². The highest BCUT2D eigenvalue weighted by molar-refractivity contribution is 6.43. The van der Waals surface area contributed by atoms with E-state index in [0.29, 0.717) is 16.6 Å². The first-order chi connectivity index (χ1) is 15.8. The van der Waals surface area contributed by atoms with Crippen LogP contribution in [0.5, 0.6) is 0 Å². The van der Waals surface area contributed by atoms with Crippen molar-refractivity contribution in [1.82, 2.24) is 14.8 Å². The zero-order valence-corrected chi connectivity index (χ0v) is 20.9. The topological polar surface area (TPSA) is 40.5 Å². The number of anilines is 1. The van der Waals surface area contributed by atoms with Crippen LogP contribution in [0.2, 0.25) is 10.0 Å². The summed E-state index contributed by atoms with van der Waals surface area (Å²) >= 11 is 12.5. The van der Waals surface area contributed by atoms with Gasteiger partial charge in [0, 0.05) is 57.7 Å². The van der Waals surface area contributed by atoms with Gasteiger partial charge in [-0.2, -0.15) is 0 Å². The van der Waals surface area contributed by atoms with Crippen LogP contribution in [-0.4, -0.2) is 54.6 Å². The van der Waals surface area contributed by atoms with Gasteiger partial charge in [-0.15, -0.1) is 0 Å². The molecule has 33 heavy (non-hydrogen) atoms. The summed E-state index contributed by atoms with van der Waals surface area (Å²) in [6.07, 6.45) is 0. The minimum atomic E-state index is -0.0224. The third kappa shape index (κ3) is 5.21. The molecule has 1 amide bonds. The van der Waals surface area contributed by atoms with Gasteiger partial charge in [-0.05, 0) is 37.6 Å². The Kier molecular flexibility index (Phi) is 7.32. The summed E-state index contributed by atoms with van der Waals surface area (Å²) in [6, 6.07) is 16.1. The average molecular weight is 485 g/mol. The molecule has 1 aliphatic rings. The number of nitrogens with zero attached hydrogens (tertiary/aromatic N) is 3. The molecule has 1 N–H and O–H groups in total. The van der Waals surface area contributed by atoms with Gasteiger partial charge in [-0.3, -0.25) is 9.69 Å². The van der Waals surface area contributed by atoms with Gasteiger partial charge < -0.3 is 14.8 Å². The number of aromatic nitrogens is 1. The van der Waals surface area contributed by atoms with Crippen LogP contribution in [0.25, 0.3) is 11.3 Å². The number of amides is 1. The standard InChI is InChI=1S/C26H30Cl2N4O/c1-18-7-9-20(10-8-18)24-17-21(19(2)30(24)3)26(33)29-11-12-31-13-15-32(16-14-31)23-6-4-5-22(27)25(23)28/h4-10,17H,11-16H2,1-3H3,(H,29,33). The van der Waals surface area contributed by atoms with Gasteiger partial charge in [-0.25, -0.2) is 0 Å². The largest absolute Gasteiger partial charge is 0.368 e. The molecule has 1 aliphatic heterocycles. The summed E-state index contributed by atoms with van der Waals surface area (Å²) in [5.74, 6) is -0.0224. The lowest BCUT2D eigenvalue weighted by molar-refractivity contribution is 0.0947. The zero-order chi connectivity index (χ0) is 23.5. The number of hydrogen-bond acceptors (Lipinski definition) is 3. The third-order valence-corrected chi connectivity index (χ3v) is 7.29. The molecule has 0 saturated carbocycles. The molecule has 0 radical (unpaired) electrons. The third-order valence-electron chi connectivity index (χ3n) is 6.49. The first kappa shape index (κ1) is 23.7. The zero-order valence-electron chi connectivity index (χ0n) is 19.4. The molecule has 0 aliphatic carbocycles. The van der Waals surface area contributed by atoms with E-state index in [1.807, 2.05) is 38.2 Å². The Balaban J connectivity index is 1.30. The van der Waals surface area contributed by atoms with Crippen molar-refractivity contribution in [3.05, 3.63) is 75.4 Å².